The SMILES string of the molecule is Cc1cccc(NC(=O)[C@@H](C)n2cnc3onc(C)c3c2=O)c1C. The monoisotopic (exact) mass is 326 g/mol. The number of hydrogen-bond donors (Lipinski definition) is 1. The van der Waals surface area contributed by atoms with E-state index in [1.807, 2.05) is 32.0 Å². The molecular weight excluding hydrogens is 308 g/mol. The average Bonchev–Trinajstić information content (AvgIpc) is 2.93. The quantitative estimate of drug-likeness (QED) is 0.798. The first-order valence-electron chi connectivity index (χ1n) is 7.60. The maximum atomic E-state index is 12.6. The molecule has 0 spiro atoms. The summed E-state index contributed by atoms with van der Waals surface area (Å²) in [5.41, 5.74) is 3.10. The van der Waals surface area contributed by atoms with Crippen molar-refractivity contribution in [3.8, 4) is 0 Å². The summed E-state index contributed by atoms with van der Waals surface area (Å²) in [4.78, 5) is 29.2. The summed E-state index contributed by atoms with van der Waals surface area (Å²) in [6.45, 7) is 7.24. The fourth-order valence-electron chi connectivity index (χ4n) is 2.51. The standard InChI is InChI=1S/C17H18N4O3/c1-9-6-5-7-13(10(9)2)19-15(22)12(4)21-8-18-16-14(17(21)23)11(3)20-24-16/h5-8,12H,1-4H3,(H,19,22)/t12-/m1/s1. The van der Waals surface area contributed by atoms with Gasteiger partial charge in [-0.25, -0.2) is 4.98 Å². The number of amides is 1. The van der Waals surface area contributed by atoms with E-state index in [2.05, 4.69) is 15.5 Å². The van der Waals surface area contributed by atoms with Gasteiger partial charge in [-0.3, -0.25) is 14.2 Å². The molecule has 0 saturated heterocycles. The third-order valence-electron chi connectivity index (χ3n) is 4.25. The van der Waals surface area contributed by atoms with Crippen molar-refractivity contribution in [3.63, 3.8) is 0 Å². The van der Waals surface area contributed by atoms with Crippen LogP contribution in [-0.2, 0) is 4.79 Å². The second-order valence-electron chi connectivity index (χ2n) is 5.82. The molecular formula is C17H18N4O3. The number of carbonyl (C=O) groups is 1. The molecule has 7 nitrogen and oxygen atoms in total. The number of hydrogen-bond acceptors (Lipinski definition) is 5. The summed E-state index contributed by atoms with van der Waals surface area (Å²) in [5, 5.41) is 6.90. The molecule has 24 heavy (non-hydrogen) atoms. The van der Waals surface area contributed by atoms with Gasteiger partial charge in [0.1, 0.15) is 17.8 Å². The molecule has 0 fully saturated rings. The van der Waals surface area contributed by atoms with Gasteiger partial charge in [0.05, 0.1) is 5.69 Å². The molecule has 2 aromatic heterocycles. The van der Waals surface area contributed by atoms with Gasteiger partial charge >= 0.3 is 0 Å². The number of nitrogens with one attached hydrogen (secondary N) is 1. The maximum Gasteiger partial charge on any atom is 0.267 e. The lowest BCUT2D eigenvalue weighted by Gasteiger charge is -2.16. The Kier molecular flexibility index (Phi) is 3.92. The van der Waals surface area contributed by atoms with E-state index in [-0.39, 0.29) is 17.2 Å². The summed E-state index contributed by atoms with van der Waals surface area (Å²) in [6, 6.07) is 4.97. The number of benzene rings is 1. The van der Waals surface area contributed by atoms with Crippen molar-refractivity contribution >= 4 is 22.7 Å². The molecule has 2 heterocycles. The third kappa shape index (κ3) is 2.58. The van der Waals surface area contributed by atoms with Crippen LogP contribution in [0.4, 0.5) is 5.69 Å². The fraction of sp³-hybridized carbons (Fsp3) is 0.294. The Labute approximate surface area is 138 Å². The molecule has 0 bridgehead atoms. The summed E-state index contributed by atoms with van der Waals surface area (Å²) >= 11 is 0. The highest BCUT2D eigenvalue weighted by atomic mass is 16.5. The first-order chi connectivity index (χ1) is 11.4. The molecule has 3 aromatic rings. The molecule has 0 unspecified atom stereocenters. The van der Waals surface area contributed by atoms with Crippen LogP contribution >= 0.6 is 0 Å². The maximum absolute atomic E-state index is 12.6. The Hall–Kier alpha value is -2.96. The van der Waals surface area contributed by atoms with E-state index in [4.69, 9.17) is 4.52 Å². The van der Waals surface area contributed by atoms with Gasteiger partial charge in [0.25, 0.3) is 11.3 Å². The predicted octanol–water partition coefficient (Wildman–Crippen LogP) is 2.51. The molecule has 0 saturated carbocycles. The van der Waals surface area contributed by atoms with E-state index in [9.17, 15) is 9.59 Å². The zero-order valence-electron chi connectivity index (χ0n) is 14.0. The van der Waals surface area contributed by atoms with E-state index >= 15 is 0 Å². The number of aryl methyl sites for hydroxylation is 2. The van der Waals surface area contributed by atoms with Crippen LogP contribution in [-0.4, -0.2) is 20.6 Å². The Morgan fingerprint density at radius 2 is 2.04 bits per heavy atom. The molecule has 7 heteroatoms. The Morgan fingerprint density at radius 3 is 2.79 bits per heavy atom. The molecule has 1 atom stereocenters. The zero-order valence-corrected chi connectivity index (χ0v) is 14.0. The highest BCUT2D eigenvalue weighted by molar-refractivity contribution is 5.94. The van der Waals surface area contributed by atoms with Crippen LogP contribution in [0.2, 0.25) is 0 Å². The number of anilines is 1. The van der Waals surface area contributed by atoms with E-state index in [0.29, 0.717) is 11.1 Å². The van der Waals surface area contributed by atoms with Crippen LogP contribution in [0.15, 0.2) is 33.8 Å². The van der Waals surface area contributed by atoms with E-state index in [0.717, 1.165) is 16.8 Å². The Bertz CT molecular complexity index is 987. The van der Waals surface area contributed by atoms with Crippen molar-refractivity contribution in [1.82, 2.24) is 14.7 Å². The molecule has 0 aliphatic carbocycles. The molecule has 1 N–H and O–H groups in total. The molecule has 124 valence electrons. The minimum absolute atomic E-state index is 0.177. The van der Waals surface area contributed by atoms with Gasteiger partial charge in [0.2, 0.25) is 5.91 Å². The number of nitrogens with zero attached hydrogens (tertiary/aromatic N) is 3. The average molecular weight is 326 g/mol. The molecule has 0 radical (unpaired) electrons. The van der Waals surface area contributed by atoms with Crippen molar-refractivity contribution in [2.75, 3.05) is 5.32 Å². The van der Waals surface area contributed by atoms with Gasteiger partial charge in [0, 0.05) is 5.69 Å². The number of carbonyl (C=O) groups excluding carboxylic acids is 1. The molecule has 3 rings (SSSR count). The molecule has 1 amide bonds. The van der Waals surface area contributed by atoms with E-state index < -0.39 is 6.04 Å². The van der Waals surface area contributed by atoms with Gasteiger partial charge in [-0.2, -0.15) is 0 Å². The molecule has 1 aromatic carbocycles. The number of rotatable bonds is 3. The van der Waals surface area contributed by atoms with Crippen LogP contribution in [0, 0.1) is 20.8 Å². The zero-order chi connectivity index (χ0) is 17.4. The smallest absolute Gasteiger partial charge is 0.267 e. The van der Waals surface area contributed by atoms with E-state index in [1.165, 1.54) is 10.9 Å². The van der Waals surface area contributed by atoms with Gasteiger partial charge in [0.15, 0.2) is 0 Å². The van der Waals surface area contributed by atoms with Crippen molar-refractivity contribution in [2.24, 2.45) is 0 Å². The van der Waals surface area contributed by atoms with Gasteiger partial charge in [-0.1, -0.05) is 17.3 Å². The lowest BCUT2D eigenvalue weighted by Crippen LogP contribution is -2.32. The van der Waals surface area contributed by atoms with Crippen LogP contribution in [0.3, 0.4) is 0 Å². The van der Waals surface area contributed by atoms with Crippen molar-refractivity contribution in [1.29, 1.82) is 0 Å². The minimum atomic E-state index is -0.719. The van der Waals surface area contributed by atoms with E-state index in [1.54, 1.807) is 13.8 Å². The summed E-state index contributed by atoms with van der Waals surface area (Å²) in [7, 11) is 0. The number of fused-ring (bicyclic) bond motifs is 1. The Balaban J connectivity index is 1.94. The Morgan fingerprint density at radius 1 is 1.29 bits per heavy atom. The normalized spacial score (nSPS) is 12.3. The lowest BCUT2D eigenvalue weighted by molar-refractivity contribution is -0.118. The van der Waals surface area contributed by atoms with Crippen molar-refractivity contribution in [3.05, 3.63) is 51.7 Å². The second-order valence-corrected chi connectivity index (χ2v) is 5.82. The first-order valence-corrected chi connectivity index (χ1v) is 7.60. The van der Waals surface area contributed by atoms with Crippen LogP contribution in [0.25, 0.3) is 11.1 Å². The summed E-state index contributed by atoms with van der Waals surface area (Å²) < 4.78 is 6.26. The predicted molar refractivity (Wildman–Crippen MR) is 90.1 cm³/mol. The van der Waals surface area contributed by atoms with Crippen molar-refractivity contribution in [2.45, 2.75) is 33.7 Å². The highest BCUT2D eigenvalue weighted by Crippen LogP contribution is 2.19. The van der Waals surface area contributed by atoms with Crippen LogP contribution < -0.4 is 10.9 Å². The second kappa shape index (κ2) is 5.92. The minimum Gasteiger partial charge on any atom is -0.335 e. The summed E-state index contributed by atoms with van der Waals surface area (Å²) in [6.07, 6.45) is 1.31. The fourth-order valence-corrected chi connectivity index (χ4v) is 2.51. The van der Waals surface area contributed by atoms with Gasteiger partial charge in [-0.15, -0.1) is 0 Å². The van der Waals surface area contributed by atoms with Crippen LogP contribution in [0.1, 0.15) is 29.8 Å². The highest BCUT2D eigenvalue weighted by Gasteiger charge is 2.20. The molecule has 0 aliphatic rings. The van der Waals surface area contributed by atoms with Crippen LogP contribution in [0.5, 0.6) is 0 Å². The largest absolute Gasteiger partial charge is 0.335 e. The molecule has 0 aliphatic heterocycles. The van der Waals surface area contributed by atoms with Crippen molar-refractivity contribution < 1.29 is 9.32 Å². The lowest BCUT2D eigenvalue weighted by atomic mass is 10.1. The topological polar surface area (TPSA) is 90.0 Å². The van der Waals surface area contributed by atoms with Gasteiger partial charge < -0.3 is 9.84 Å². The van der Waals surface area contributed by atoms with Gasteiger partial charge in [-0.05, 0) is 44.9 Å². The first kappa shape index (κ1) is 15.9. The summed E-state index contributed by atoms with van der Waals surface area (Å²) in [5.74, 6) is -0.291. The number of aromatic nitrogens is 3. The third-order valence-corrected chi connectivity index (χ3v) is 4.25.